The van der Waals surface area contributed by atoms with Crippen LogP contribution in [0, 0.1) is 19.8 Å². The van der Waals surface area contributed by atoms with Crippen molar-refractivity contribution >= 4 is 15.9 Å². The zero-order chi connectivity index (χ0) is 24.1. The first-order valence-electron chi connectivity index (χ1n) is 11.8. The van der Waals surface area contributed by atoms with Crippen LogP contribution in [0.5, 0.6) is 0 Å². The molecule has 2 aromatic carbocycles. The maximum atomic E-state index is 12.9. The second-order valence-corrected chi connectivity index (χ2v) is 10.8. The van der Waals surface area contributed by atoms with Gasteiger partial charge >= 0.3 is 0 Å². The van der Waals surface area contributed by atoms with E-state index in [1.54, 1.807) is 24.3 Å². The Balaban J connectivity index is 1.22. The van der Waals surface area contributed by atoms with E-state index in [0.29, 0.717) is 37.4 Å². The van der Waals surface area contributed by atoms with Crippen molar-refractivity contribution in [2.75, 3.05) is 19.6 Å². The van der Waals surface area contributed by atoms with Gasteiger partial charge in [0.15, 0.2) is 0 Å². The van der Waals surface area contributed by atoms with Crippen molar-refractivity contribution in [3.63, 3.8) is 0 Å². The summed E-state index contributed by atoms with van der Waals surface area (Å²) in [5, 5.41) is 7.63. The molecule has 180 valence electrons. The highest BCUT2D eigenvalue weighted by Gasteiger charge is 2.31. The molecule has 0 spiro atoms. The summed E-state index contributed by atoms with van der Waals surface area (Å²) in [6.45, 7) is 5.26. The van der Waals surface area contributed by atoms with Crippen LogP contribution >= 0.6 is 0 Å². The molecule has 8 heteroatoms. The SMILES string of the molecule is Cc1ccc(S(=O)(=O)N2CCC(C(=O)NCCCc3cn(-c4ccccc4)nc3C)CC2)cc1. The number of amides is 1. The number of para-hydroxylation sites is 1. The third-order valence-corrected chi connectivity index (χ3v) is 8.34. The van der Waals surface area contributed by atoms with Crippen molar-refractivity contribution in [1.29, 1.82) is 0 Å². The van der Waals surface area contributed by atoms with Crippen LogP contribution in [0.15, 0.2) is 65.7 Å². The molecule has 0 aliphatic carbocycles. The summed E-state index contributed by atoms with van der Waals surface area (Å²) in [6, 6.07) is 16.9. The van der Waals surface area contributed by atoms with Crippen LogP contribution in [0.1, 0.15) is 36.1 Å². The van der Waals surface area contributed by atoms with Crippen molar-refractivity contribution < 1.29 is 13.2 Å². The molecule has 1 fully saturated rings. The largest absolute Gasteiger partial charge is 0.356 e. The summed E-state index contributed by atoms with van der Waals surface area (Å²) in [6.07, 6.45) is 4.80. The molecule has 1 saturated heterocycles. The van der Waals surface area contributed by atoms with Gasteiger partial charge < -0.3 is 5.32 Å². The highest BCUT2D eigenvalue weighted by molar-refractivity contribution is 7.89. The van der Waals surface area contributed by atoms with Gasteiger partial charge in [0.05, 0.1) is 16.3 Å². The second-order valence-electron chi connectivity index (χ2n) is 8.91. The predicted octanol–water partition coefficient (Wildman–Crippen LogP) is 3.64. The van der Waals surface area contributed by atoms with Crippen molar-refractivity contribution in [3.05, 3.63) is 77.6 Å². The number of nitrogens with zero attached hydrogens (tertiary/aromatic N) is 3. The molecule has 0 radical (unpaired) electrons. The fraction of sp³-hybridized carbons (Fsp3) is 0.385. The van der Waals surface area contributed by atoms with Gasteiger partial charge in [-0.2, -0.15) is 9.40 Å². The molecular formula is C26H32N4O3S. The van der Waals surface area contributed by atoms with Crippen LogP contribution in [-0.4, -0.2) is 48.0 Å². The topological polar surface area (TPSA) is 84.3 Å². The first-order chi connectivity index (χ1) is 16.3. The molecule has 7 nitrogen and oxygen atoms in total. The number of benzene rings is 2. The van der Waals surface area contributed by atoms with E-state index in [0.717, 1.165) is 29.8 Å². The van der Waals surface area contributed by atoms with Crippen LogP contribution in [0.25, 0.3) is 5.69 Å². The van der Waals surface area contributed by atoms with E-state index in [2.05, 4.69) is 16.6 Å². The highest BCUT2D eigenvalue weighted by Crippen LogP contribution is 2.24. The maximum Gasteiger partial charge on any atom is 0.243 e. The zero-order valence-electron chi connectivity index (χ0n) is 19.8. The third-order valence-electron chi connectivity index (χ3n) is 6.43. The number of carbonyl (C=O) groups is 1. The van der Waals surface area contributed by atoms with E-state index in [4.69, 9.17) is 0 Å². The summed E-state index contributed by atoms with van der Waals surface area (Å²) < 4.78 is 29.1. The molecule has 1 aliphatic rings. The minimum absolute atomic E-state index is 0.0177. The predicted molar refractivity (Wildman–Crippen MR) is 132 cm³/mol. The van der Waals surface area contributed by atoms with E-state index in [9.17, 15) is 13.2 Å². The number of nitrogens with one attached hydrogen (secondary N) is 1. The van der Waals surface area contributed by atoms with E-state index in [1.807, 2.05) is 48.9 Å². The van der Waals surface area contributed by atoms with Gasteiger partial charge in [0.25, 0.3) is 0 Å². The maximum absolute atomic E-state index is 12.9. The lowest BCUT2D eigenvalue weighted by Crippen LogP contribution is -2.43. The number of sulfonamides is 1. The molecule has 0 unspecified atom stereocenters. The normalized spacial score (nSPS) is 15.4. The fourth-order valence-corrected chi connectivity index (χ4v) is 5.78. The number of aryl methyl sites for hydroxylation is 3. The minimum Gasteiger partial charge on any atom is -0.356 e. The molecule has 3 aromatic rings. The molecule has 1 aromatic heterocycles. The van der Waals surface area contributed by atoms with Crippen LogP contribution in [-0.2, 0) is 21.2 Å². The van der Waals surface area contributed by atoms with Gasteiger partial charge in [0, 0.05) is 31.7 Å². The number of aromatic nitrogens is 2. The summed E-state index contributed by atoms with van der Waals surface area (Å²) in [5.74, 6) is -0.129. The van der Waals surface area contributed by atoms with E-state index >= 15 is 0 Å². The Morgan fingerprint density at radius 2 is 1.71 bits per heavy atom. The quantitative estimate of drug-likeness (QED) is 0.499. The molecule has 0 atom stereocenters. The number of piperidine rings is 1. The molecule has 34 heavy (non-hydrogen) atoms. The Hall–Kier alpha value is -2.97. The number of hydrogen-bond acceptors (Lipinski definition) is 4. The average molecular weight is 481 g/mol. The summed E-state index contributed by atoms with van der Waals surface area (Å²) >= 11 is 0. The number of carbonyl (C=O) groups excluding carboxylic acids is 1. The lowest BCUT2D eigenvalue weighted by Gasteiger charge is -2.30. The Morgan fingerprint density at radius 1 is 1.03 bits per heavy atom. The van der Waals surface area contributed by atoms with Crippen LogP contribution in [0.2, 0.25) is 0 Å². The van der Waals surface area contributed by atoms with Gasteiger partial charge in [-0.25, -0.2) is 13.1 Å². The molecule has 1 N–H and O–H groups in total. The van der Waals surface area contributed by atoms with E-state index in [1.165, 1.54) is 9.87 Å². The smallest absolute Gasteiger partial charge is 0.243 e. The summed E-state index contributed by atoms with van der Waals surface area (Å²) in [7, 11) is -3.51. The Morgan fingerprint density at radius 3 is 2.38 bits per heavy atom. The summed E-state index contributed by atoms with van der Waals surface area (Å²) in [5.41, 5.74) is 4.22. The standard InChI is InChI=1S/C26H32N4O3S/c1-20-10-12-25(13-11-20)34(32,33)29-17-14-22(15-18-29)26(31)27-16-6-7-23-19-30(28-21(23)2)24-8-4-3-5-9-24/h3-5,8-13,19,22H,6-7,14-18H2,1-2H3,(H,27,31). The van der Waals surface area contributed by atoms with Crippen LogP contribution in [0.4, 0.5) is 0 Å². The molecule has 0 bridgehead atoms. The fourth-order valence-electron chi connectivity index (χ4n) is 4.31. The Labute approximate surface area is 201 Å². The molecule has 1 aliphatic heterocycles. The van der Waals surface area contributed by atoms with Gasteiger partial charge in [0.1, 0.15) is 0 Å². The first kappa shape index (κ1) is 24.2. The average Bonchev–Trinajstić information content (AvgIpc) is 3.23. The third kappa shape index (κ3) is 5.56. The van der Waals surface area contributed by atoms with Gasteiger partial charge in [-0.15, -0.1) is 0 Å². The summed E-state index contributed by atoms with van der Waals surface area (Å²) in [4.78, 5) is 12.9. The monoisotopic (exact) mass is 480 g/mol. The first-order valence-corrected chi connectivity index (χ1v) is 13.2. The zero-order valence-corrected chi connectivity index (χ0v) is 20.6. The lowest BCUT2D eigenvalue weighted by molar-refractivity contribution is -0.126. The van der Waals surface area contributed by atoms with Crippen LogP contribution < -0.4 is 5.32 Å². The minimum atomic E-state index is -3.51. The Kier molecular flexibility index (Phi) is 7.48. The van der Waals surface area contributed by atoms with Gasteiger partial charge in [-0.1, -0.05) is 35.9 Å². The van der Waals surface area contributed by atoms with Gasteiger partial charge in [0.2, 0.25) is 15.9 Å². The van der Waals surface area contributed by atoms with Gasteiger partial charge in [-0.3, -0.25) is 4.79 Å². The lowest BCUT2D eigenvalue weighted by atomic mass is 9.97. The molecular weight excluding hydrogens is 448 g/mol. The van der Waals surface area contributed by atoms with Gasteiger partial charge in [-0.05, 0) is 69.4 Å². The second kappa shape index (κ2) is 10.5. The molecule has 4 rings (SSSR count). The van der Waals surface area contributed by atoms with Crippen molar-refractivity contribution in [1.82, 2.24) is 19.4 Å². The van der Waals surface area contributed by atoms with E-state index < -0.39 is 10.0 Å². The van der Waals surface area contributed by atoms with E-state index in [-0.39, 0.29) is 11.8 Å². The van der Waals surface area contributed by atoms with Crippen molar-refractivity contribution in [2.45, 2.75) is 44.4 Å². The number of hydrogen-bond donors (Lipinski definition) is 1. The molecule has 2 heterocycles. The highest BCUT2D eigenvalue weighted by atomic mass is 32.2. The number of rotatable bonds is 8. The molecule has 0 saturated carbocycles. The van der Waals surface area contributed by atoms with Crippen LogP contribution in [0.3, 0.4) is 0 Å². The van der Waals surface area contributed by atoms with Crippen molar-refractivity contribution in [2.24, 2.45) is 5.92 Å². The Bertz CT molecular complexity index is 1210. The molecule has 1 amide bonds. The van der Waals surface area contributed by atoms with Crippen molar-refractivity contribution in [3.8, 4) is 5.69 Å².